The van der Waals surface area contributed by atoms with Gasteiger partial charge < -0.3 is 15.4 Å². The van der Waals surface area contributed by atoms with Crippen molar-refractivity contribution in [3.8, 4) is 5.75 Å². The van der Waals surface area contributed by atoms with Gasteiger partial charge in [0.2, 0.25) is 5.91 Å². The van der Waals surface area contributed by atoms with Crippen molar-refractivity contribution in [2.75, 3.05) is 26.0 Å². The first-order chi connectivity index (χ1) is 10.4. The number of carbonyl (C=O) groups excluding carboxylic acids is 1. The van der Waals surface area contributed by atoms with Gasteiger partial charge in [-0.25, -0.2) is 8.42 Å². The third kappa shape index (κ3) is 5.31. The molecule has 0 aliphatic carbocycles. The second kappa shape index (κ2) is 7.60. The number of hydrogen-bond donors (Lipinski definition) is 2. The SMILES string of the molecule is CS(=O)(=O)c1ccc(OCCC(=O)NCC2CCCN2)cc1. The lowest BCUT2D eigenvalue weighted by Crippen LogP contribution is -2.37. The molecule has 1 aromatic rings. The molecule has 1 atom stereocenters. The van der Waals surface area contributed by atoms with Crippen molar-refractivity contribution in [3.05, 3.63) is 24.3 Å². The van der Waals surface area contributed by atoms with Gasteiger partial charge in [0.15, 0.2) is 9.84 Å². The summed E-state index contributed by atoms with van der Waals surface area (Å²) in [6, 6.07) is 6.56. The second-order valence-corrected chi connectivity index (χ2v) is 7.46. The minimum absolute atomic E-state index is 0.0403. The average molecular weight is 326 g/mol. The zero-order valence-electron chi connectivity index (χ0n) is 12.7. The lowest BCUT2D eigenvalue weighted by atomic mass is 10.2. The fourth-order valence-electron chi connectivity index (χ4n) is 2.30. The molecule has 1 aromatic carbocycles. The Balaban J connectivity index is 1.68. The van der Waals surface area contributed by atoms with Gasteiger partial charge in [-0.05, 0) is 43.7 Å². The van der Waals surface area contributed by atoms with Gasteiger partial charge in [-0.15, -0.1) is 0 Å². The van der Waals surface area contributed by atoms with Crippen molar-refractivity contribution in [2.45, 2.75) is 30.2 Å². The summed E-state index contributed by atoms with van der Waals surface area (Å²) in [4.78, 5) is 11.9. The number of rotatable bonds is 7. The van der Waals surface area contributed by atoms with Crippen molar-refractivity contribution >= 4 is 15.7 Å². The maximum atomic E-state index is 11.7. The number of nitrogens with one attached hydrogen (secondary N) is 2. The maximum Gasteiger partial charge on any atom is 0.223 e. The predicted molar refractivity (Wildman–Crippen MR) is 83.7 cm³/mol. The fraction of sp³-hybridized carbons (Fsp3) is 0.533. The van der Waals surface area contributed by atoms with Crippen LogP contribution in [-0.4, -0.2) is 46.3 Å². The van der Waals surface area contributed by atoms with Crippen molar-refractivity contribution in [3.63, 3.8) is 0 Å². The summed E-state index contributed by atoms with van der Waals surface area (Å²) in [5.74, 6) is 0.513. The van der Waals surface area contributed by atoms with E-state index in [-0.39, 0.29) is 23.8 Å². The zero-order valence-corrected chi connectivity index (χ0v) is 13.5. The number of benzene rings is 1. The first kappa shape index (κ1) is 16.8. The minimum Gasteiger partial charge on any atom is -0.493 e. The molecule has 0 aromatic heterocycles. The van der Waals surface area contributed by atoms with E-state index in [4.69, 9.17) is 4.74 Å². The Morgan fingerprint density at radius 1 is 1.36 bits per heavy atom. The molecule has 0 radical (unpaired) electrons. The van der Waals surface area contributed by atoms with E-state index in [9.17, 15) is 13.2 Å². The van der Waals surface area contributed by atoms with Crippen LogP contribution in [0.5, 0.6) is 5.75 Å². The van der Waals surface area contributed by atoms with E-state index in [0.29, 0.717) is 18.3 Å². The van der Waals surface area contributed by atoms with Gasteiger partial charge in [0.1, 0.15) is 5.75 Å². The summed E-state index contributed by atoms with van der Waals surface area (Å²) in [5, 5.41) is 6.20. The number of carbonyl (C=O) groups is 1. The number of amides is 1. The quantitative estimate of drug-likeness (QED) is 0.771. The molecule has 7 heteroatoms. The highest BCUT2D eigenvalue weighted by atomic mass is 32.2. The standard InChI is InChI=1S/C15H22N2O4S/c1-22(19,20)14-6-4-13(5-7-14)21-10-8-15(18)17-11-12-3-2-9-16-12/h4-7,12,16H,2-3,8-11H2,1H3,(H,17,18). The van der Waals surface area contributed by atoms with Crippen LogP contribution in [-0.2, 0) is 14.6 Å². The normalized spacial score (nSPS) is 18.1. The molecule has 1 aliphatic rings. The van der Waals surface area contributed by atoms with E-state index in [2.05, 4.69) is 10.6 Å². The first-order valence-electron chi connectivity index (χ1n) is 7.38. The first-order valence-corrected chi connectivity index (χ1v) is 9.27. The Labute approximate surface area is 131 Å². The lowest BCUT2D eigenvalue weighted by Gasteiger charge is -2.11. The Morgan fingerprint density at radius 2 is 2.09 bits per heavy atom. The Hall–Kier alpha value is -1.60. The van der Waals surface area contributed by atoms with Crippen molar-refractivity contribution < 1.29 is 17.9 Å². The van der Waals surface area contributed by atoms with Crippen LogP contribution in [0.4, 0.5) is 0 Å². The summed E-state index contributed by atoms with van der Waals surface area (Å²) < 4.78 is 28.1. The molecular weight excluding hydrogens is 304 g/mol. The molecule has 22 heavy (non-hydrogen) atoms. The van der Waals surface area contributed by atoms with E-state index in [1.165, 1.54) is 12.1 Å². The monoisotopic (exact) mass is 326 g/mol. The van der Waals surface area contributed by atoms with Crippen LogP contribution in [0, 0.1) is 0 Å². The summed E-state index contributed by atoms with van der Waals surface area (Å²) in [6.45, 7) is 1.94. The molecule has 1 aliphatic heterocycles. The topological polar surface area (TPSA) is 84.5 Å². The smallest absolute Gasteiger partial charge is 0.223 e. The summed E-state index contributed by atoms with van der Waals surface area (Å²) in [7, 11) is -3.19. The molecule has 1 heterocycles. The third-order valence-electron chi connectivity index (χ3n) is 3.56. The average Bonchev–Trinajstić information content (AvgIpc) is 2.98. The van der Waals surface area contributed by atoms with Gasteiger partial charge in [-0.3, -0.25) is 4.79 Å². The van der Waals surface area contributed by atoms with Crippen LogP contribution in [0.1, 0.15) is 19.3 Å². The highest BCUT2D eigenvalue weighted by Gasteiger charge is 2.14. The molecule has 2 rings (SSSR count). The number of ether oxygens (including phenoxy) is 1. The summed E-state index contributed by atoms with van der Waals surface area (Å²) in [5.41, 5.74) is 0. The number of hydrogen-bond acceptors (Lipinski definition) is 5. The molecule has 6 nitrogen and oxygen atoms in total. The molecule has 1 fully saturated rings. The fourth-order valence-corrected chi connectivity index (χ4v) is 2.93. The summed E-state index contributed by atoms with van der Waals surface area (Å²) >= 11 is 0. The van der Waals surface area contributed by atoms with Crippen LogP contribution >= 0.6 is 0 Å². The largest absolute Gasteiger partial charge is 0.493 e. The van der Waals surface area contributed by atoms with E-state index in [1.807, 2.05) is 0 Å². The Morgan fingerprint density at radius 3 is 2.68 bits per heavy atom. The molecule has 122 valence electrons. The zero-order chi connectivity index (χ0) is 16.0. The Kier molecular flexibility index (Phi) is 5.79. The molecule has 0 bridgehead atoms. The molecule has 1 unspecified atom stereocenters. The maximum absolute atomic E-state index is 11.7. The third-order valence-corrected chi connectivity index (χ3v) is 4.69. The van der Waals surface area contributed by atoms with Gasteiger partial charge in [-0.2, -0.15) is 0 Å². The molecule has 1 amide bonds. The minimum atomic E-state index is -3.19. The molecular formula is C15H22N2O4S. The van der Waals surface area contributed by atoms with E-state index in [0.717, 1.165) is 25.6 Å². The van der Waals surface area contributed by atoms with Gasteiger partial charge in [0, 0.05) is 18.8 Å². The van der Waals surface area contributed by atoms with Gasteiger partial charge in [0.25, 0.3) is 0 Å². The van der Waals surface area contributed by atoms with Crippen molar-refractivity contribution in [1.82, 2.24) is 10.6 Å². The highest BCUT2D eigenvalue weighted by Crippen LogP contribution is 2.15. The van der Waals surface area contributed by atoms with Crippen LogP contribution in [0.3, 0.4) is 0 Å². The second-order valence-electron chi connectivity index (χ2n) is 5.44. The number of sulfone groups is 1. The van der Waals surface area contributed by atoms with Crippen LogP contribution in [0.15, 0.2) is 29.2 Å². The van der Waals surface area contributed by atoms with Gasteiger partial charge in [-0.1, -0.05) is 0 Å². The molecule has 2 N–H and O–H groups in total. The highest BCUT2D eigenvalue weighted by molar-refractivity contribution is 7.90. The molecule has 0 saturated carbocycles. The van der Waals surface area contributed by atoms with Crippen molar-refractivity contribution in [2.24, 2.45) is 0 Å². The molecule has 1 saturated heterocycles. The Bertz CT molecular complexity index is 592. The van der Waals surface area contributed by atoms with Crippen LogP contribution in [0.2, 0.25) is 0 Å². The van der Waals surface area contributed by atoms with Gasteiger partial charge in [0.05, 0.1) is 17.9 Å². The van der Waals surface area contributed by atoms with E-state index in [1.54, 1.807) is 12.1 Å². The van der Waals surface area contributed by atoms with Crippen LogP contribution in [0.25, 0.3) is 0 Å². The molecule has 0 spiro atoms. The predicted octanol–water partition coefficient (Wildman–Crippen LogP) is 0.727. The lowest BCUT2D eigenvalue weighted by molar-refractivity contribution is -0.121. The van der Waals surface area contributed by atoms with E-state index >= 15 is 0 Å². The van der Waals surface area contributed by atoms with Crippen LogP contribution < -0.4 is 15.4 Å². The summed E-state index contributed by atoms with van der Waals surface area (Å²) in [6.07, 6.45) is 3.70. The van der Waals surface area contributed by atoms with Gasteiger partial charge >= 0.3 is 0 Å². The van der Waals surface area contributed by atoms with E-state index < -0.39 is 9.84 Å². The van der Waals surface area contributed by atoms with Crippen molar-refractivity contribution in [1.29, 1.82) is 0 Å².